The second kappa shape index (κ2) is 6.33. The van der Waals surface area contributed by atoms with Gasteiger partial charge in [0.15, 0.2) is 0 Å². The summed E-state index contributed by atoms with van der Waals surface area (Å²) in [4.78, 5) is 2.47. The lowest BCUT2D eigenvalue weighted by molar-refractivity contribution is -0.111. The number of nitrogens with one attached hydrogen (secondary N) is 1. The van der Waals surface area contributed by atoms with Crippen molar-refractivity contribution in [3.63, 3.8) is 0 Å². The van der Waals surface area contributed by atoms with Crippen LogP contribution < -0.4 is 5.32 Å². The molecule has 3 heteroatoms. The first kappa shape index (κ1) is 14.8. The van der Waals surface area contributed by atoms with Crippen molar-refractivity contribution in [3.05, 3.63) is 0 Å². The van der Waals surface area contributed by atoms with Crippen LogP contribution >= 0.6 is 0 Å². The van der Waals surface area contributed by atoms with E-state index in [-0.39, 0.29) is 5.60 Å². The summed E-state index contributed by atoms with van der Waals surface area (Å²) < 4.78 is 6.22. The molecule has 0 aromatic heterocycles. The molecule has 0 radical (unpaired) electrons. The average molecular weight is 280 g/mol. The molecule has 3 atom stereocenters. The van der Waals surface area contributed by atoms with Gasteiger partial charge in [-0.05, 0) is 51.6 Å². The van der Waals surface area contributed by atoms with Gasteiger partial charge in [-0.2, -0.15) is 0 Å². The summed E-state index contributed by atoms with van der Waals surface area (Å²) in [5.74, 6) is 0.777. The lowest BCUT2D eigenvalue weighted by Crippen LogP contribution is -2.54. The van der Waals surface area contributed by atoms with E-state index in [1.165, 1.54) is 64.5 Å². The van der Waals surface area contributed by atoms with Crippen LogP contribution in [-0.2, 0) is 4.74 Å². The molecule has 1 saturated carbocycles. The Bertz CT molecular complexity index is 309. The van der Waals surface area contributed by atoms with Crippen molar-refractivity contribution < 1.29 is 4.74 Å². The Balaban J connectivity index is 1.54. The van der Waals surface area contributed by atoms with Crippen LogP contribution in [0.15, 0.2) is 0 Å². The molecule has 0 aromatic rings. The van der Waals surface area contributed by atoms with Crippen LogP contribution in [0.4, 0.5) is 0 Å². The molecule has 3 nitrogen and oxygen atoms in total. The minimum atomic E-state index is 0.239. The van der Waals surface area contributed by atoms with E-state index in [9.17, 15) is 0 Å². The fraction of sp³-hybridized carbons (Fsp3) is 1.00. The van der Waals surface area contributed by atoms with Crippen LogP contribution in [0.25, 0.3) is 0 Å². The zero-order valence-electron chi connectivity index (χ0n) is 13.4. The van der Waals surface area contributed by atoms with Crippen molar-refractivity contribution in [1.29, 1.82) is 0 Å². The number of piperidine rings is 1. The molecule has 0 aromatic carbocycles. The number of rotatable bonds is 2. The first-order valence-corrected chi connectivity index (χ1v) is 8.75. The van der Waals surface area contributed by atoms with E-state index in [0.717, 1.165) is 18.6 Å². The highest BCUT2D eigenvalue weighted by molar-refractivity contribution is 4.94. The van der Waals surface area contributed by atoms with Gasteiger partial charge < -0.3 is 15.0 Å². The normalized spacial score (nSPS) is 39.0. The highest BCUT2D eigenvalue weighted by Crippen LogP contribution is 2.38. The number of ether oxygens (including phenoxy) is 1. The molecule has 1 aliphatic carbocycles. The predicted octanol–water partition coefficient (Wildman–Crippen LogP) is 2.80. The Hall–Kier alpha value is -0.120. The van der Waals surface area contributed by atoms with Crippen LogP contribution in [0.5, 0.6) is 0 Å². The molecule has 20 heavy (non-hydrogen) atoms. The molecule has 3 unspecified atom stereocenters. The molecule has 2 heterocycles. The Morgan fingerprint density at radius 3 is 2.70 bits per heavy atom. The lowest BCUT2D eigenvalue weighted by Gasteiger charge is -2.46. The van der Waals surface area contributed by atoms with Crippen LogP contribution in [0.2, 0.25) is 0 Å². The number of likely N-dealkylation sites (tertiary alicyclic amines) is 1. The van der Waals surface area contributed by atoms with Crippen molar-refractivity contribution in [3.8, 4) is 0 Å². The SMILES string of the molecule is CC1CN(C)CCC1NC1CCOC2(CCCCC2)C1. The third kappa shape index (κ3) is 3.37. The van der Waals surface area contributed by atoms with E-state index in [4.69, 9.17) is 4.74 Å². The van der Waals surface area contributed by atoms with E-state index in [1.807, 2.05) is 0 Å². The van der Waals surface area contributed by atoms with Crippen LogP contribution in [0, 0.1) is 5.92 Å². The third-order valence-corrected chi connectivity index (χ3v) is 5.82. The summed E-state index contributed by atoms with van der Waals surface area (Å²) >= 11 is 0. The van der Waals surface area contributed by atoms with E-state index in [0.29, 0.717) is 6.04 Å². The molecule has 2 aliphatic heterocycles. The standard InChI is InChI=1S/C17H32N2O/c1-14-13-19(2)10-6-16(14)18-15-7-11-20-17(12-15)8-4-3-5-9-17/h14-16,18H,3-13H2,1-2H3. The molecule has 1 spiro atoms. The molecular weight excluding hydrogens is 248 g/mol. The number of hydrogen-bond acceptors (Lipinski definition) is 3. The second-order valence-corrected chi connectivity index (χ2v) is 7.58. The maximum Gasteiger partial charge on any atom is 0.0697 e. The van der Waals surface area contributed by atoms with Crippen molar-refractivity contribution in [2.24, 2.45) is 5.92 Å². The molecule has 3 aliphatic rings. The Morgan fingerprint density at radius 2 is 1.95 bits per heavy atom. The van der Waals surface area contributed by atoms with Gasteiger partial charge in [0.05, 0.1) is 5.60 Å². The van der Waals surface area contributed by atoms with E-state index >= 15 is 0 Å². The van der Waals surface area contributed by atoms with Crippen LogP contribution in [-0.4, -0.2) is 49.3 Å². The molecular formula is C17H32N2O. The molecule has 3 fully saturated rings. The number of hydrogen-bond donors (Lipinski definition) is 1. The van der Waals surface area contributed by atoms with Gasteiger partial charge in [-0.1, -0.05) is 26.2 Å². The molecule has 116 valence electrons. The minimum Gasteiger partial charge on any atom is -0.375 e. The van der Waals surface area contributed by atoms with Gasteiger partial charge in [0.2, 0.25) is 0 Å². The Kier molecular flexibility index (Phi) is 4.68. The predicted molar refractivity (Wildman–Crippen MR) is 83.0 cm³/mol. The minimum absolute atomic E-state index is 0.239. The molecule has 1 N–H and O–H groups in total. The number of nitrogens with zero attached hydrogens (tertiary/aromatic N) is 1. The summed E-state index contributed by atoms with van der Waals surface area (Å²) in [5.41, 5.74) is 0.239. The zero-order valence-corrected chi connectivity index (χ0v) is 13.4. The summed E-state index contributed by atoms with van der Waals surface area (Å²) in [6.45, 7) is 5.87. The monoisotopic (exact) mass is 280 g/mol. The average Bonchev–Trinajstić information content (AvgIpc) is 2.43. The Morgan fingerprint density at radius 1 is 1.15 bits per heavy atom. The van der Waals surface area contributed by atoms with Gasteiger partial charge in [0, 0.05) is 25.2 Å². The smallest absolute Gasteiger partial charge is 0.0697 e. The fourth-order valence-corrected chi connectivity index (χ4v) is 4.62. The molecule has 0 amide bonds. The second-order valence-electron chi connectivity index (χ2n) is 7.58. The first-order valence-electron chi connectivity index (χ1n) is 8.75. The van der Waals surface area contributed by atoms with Crippen LogP contribution in [0.3, 0.4) is 0 Å². The van der Waals surface area contributed by atoms with Gasteiger partial charge in [0.1, 0.15) is 0 Å². The maximum absolute atomic E-state index is 6.22. The topological polar surface area (TPSA) is 24.5 Å². The van der Waals surface area contributed by atoms with E-state index < -0.39 is 0 Å². The van der Waals surface area contributed by atoms with Crippen molar-refractivity contribution >= 4 is 0 Å². The van der Waals surface area contributed by atoms with Crippen molar-refractivity contribution in [1.82, 2.24) is 10.2 Å². The van der Waals surface area contributed by atoms with Gasteiger partial charge >= 0.3 is 0 Å². The van der Waals surface area contributed by atoms with Gasteiger partial charge in [-0.3, -0.25) is 0 Å². The largest absolute Gasteiger partial charge is 0.375 e. The van der Waals surface area contributed by atoms with Crippen molar-refractivity contribution in [2.45, 2.75) is 76.0 Å². The summed E-state index contributed by atoms with van der Waals surface area (Å²) in [6.07, 6.45) is 10.5. The van der Waals surface area contributed by atoms with Gasteiger partial charge in [-0.15, -0.1) is 0 Å². The third-order valence-electron chi connectivity index (χ3n) is 5.82. The summed E-state index contributed by atoms with van der Waals surface area (Å²) in [6, 6.07) is 1.41. The van der Waals surface area contributed by atoms with Crippen molar-refractivity contribution in [2.75, 3.05) is 26.7 Å². The van der Waals surface area contributed by atoms with E-state index in [1.54, 1.807) is 0 Å². The molecule has 0 bridgehead atoms. The van der Waals surface area contributed by atoms with Gasteiger partial charge in [0.25, 0.3) is 0 Å². The van der Waals surface area contributed by atoms with E-state index in [2.05, 4.69) is 24.2 Å². The maximum atomic E-state index is 6.22. The summed E-state index contributed by atoms with van der Waals surface area (Å²) in [7, 11) is 2.25. The quantitative estimate of drug-likeness (QED) is 0.842. The molecule has 2 saturated heterocycles. The first-order chi connectivity index (χ1) is 9.67. The lowest BCUT2D eigenvalue weighted by atomic mass is 9.78. The fourth-order valence-electron chi connectivity index (χ4n) is 4.62. The highest BCUT2D eigenvalue weighted by Gasteiger charge is 2.39. The highest BCUT2D eigenvalue weighted by atomic mass is 16.5. The Labute approximate surface area is 124 Å². The van der Waals surface area contributed by atoms with Crippen LogP contribution in [0.1, 0.15) is 58.3 Å². The summed E-state index contributed by atoms with van der Waals surface area (Å²) in [5, 5.41) is 3.99. The van der Waals surface area contributed by atoms with Gasteiger partial charge in [-0.25, -0.2) is 0 Å². The molecule has 3 rings (SSSR count). The zero-order chi connectivity index (χ0) is 14.0.